The van der Waals surface area contributed by atoms with E-state index in [-0.39, 0.29) is 11.9 Å². The van der Waals surface area contributed by atoms with Crippen LogP contribution in [0.25, 0.3) is 0 Å². The Kier molecular flexibility index (Phi) is 3.23. The summed E-state index contributed by atoms with van der Waals surface area (Å²) in [5.41, 5.74) is 1.03. The zero-order chi connectivity index (χ0) is 13.1. The Balaban J connectivity index is 1.83. The van der Waals surface area contributed by atoms with Crippen LogP contribution in [-0.2, 0) is 0 Å². The van der Waals surface area contributed by atoms with Gasteiger partial charge < -0.3 is 14.5 Å². The summed E-state index contributed by atoms with van der Waals surface area (Å²) in [6.45, 7) is 0.685. The fraction of sp³-hybridized carbons (Fsp3) is 0.267. The minimum Gasteiger partial charge on any atom is -0.493 e. The minimum atomic E-state index is -0.188. The van der Waals surface area contributed by atoms with Crippen molar-refractivity contribution >= 4 is 5.91 Å². The van der Waals surface area contributed by atoms with E-state index in [4.69, 9.17) is 9.15 Å². The van der Waals surface area contributed by atoms with Crippen molar-refractivity contribution in [1.82, 2.24) is 5.32 Å². The third kappa shape index (κ3) is 2.47. The first-order chi connectivity index (χ1) is 9.34. The van der Waals surface area contributed by atoms with Gasteiger partial charge in [0, 0.05) is 5.56 Å². The van der Waals surface area contributed by atoms with Gasteiger partial charge in [-0.1, -0.05) is 18.2 Å². The zero-order valence-electron chi connectivity index (χ0n) is 10.5. The number of para-hydroxylation sites is 1. The van der Waals surface area contributed by atoms with Crippen molar-refractivity contribution in [3.63, 3.8) is 0 Å². The maximum absolute atomic E-state index is 12.1. The molecule has 2 heterocycles. The van der Waals surface area contributed by atoms with Crippen LogP contribution in [0.2, 0.25) is 0 Å². The molecule has 1 amide bonds. The highest BCUT2D eigenvalue weighted by Gasteiger charge is 2.22. The number of carbonyl (C=O) groups excluding carboxylic acids is 1. The molecule has 4 nitrogen and oxygen atoms in total. The third-order valence-corrected chi connectivity index (χ3v) is 3.24. The summed E-state index contributed by atoms with van der Waals surface area (Å²) in [6.07, 6.45) is 3.28. The van der Waals surface area contributed by atoms with Crippen LogP contribution in [0.15, 0.2) is 47.1 Å². The van der Waals surface area contributed by atoms with E-state index >= 15 is 0 Å². The second-order valence-electron chi connectivity index (χ2n) is 4.53. The van der Waals surface area contributed by atoms with Gasteiger partial charge in [0.2, 0.25) is 0 Å². The number of hydrogen-bond donors (Lipinski definition) is 1. The van der Waals surface area contributed by atoms with Crippen LogP contribution in [-0.4, -0.2) is 12.5 Å². The highest BCUT2D eigenvalue weighted by Crippen LogP contribution is 2.31. The maximum Gasteiger partial charge on any atom is 0.287 e. The lowest BCUT2D eigenvalue weighted by Gasteiger charge is -2.17. The third-order valence-electron chi connectivity index (χ3n) is 3.24. The molecular weight excluding hydrogens is 242 g/mol. The molecular formula is C15H15NO3. The molecule has 19 heavy (non-hydrogen) atoms. The molecule has 2 aromatic rings. The maximum atomic E-state index is 12.1. The van der Waals surface area contributed by atoms with Gasteiger partial charge in [0.15, 0.2) is 5.76 Å². The van der Waals surface area contributed by atoms with Gasteiger partial charge in [-0.25, -0.2) is 0 Å². The van der Waals surface area contributed by atoms with Crippen LogP contribution in [0.3, 0.4) is 0 Å². The second kappa shape index (κ2) is 5.18. The quantitative estimate of drug-likeness (QED) is 0.900. The van der Waals surface area contributed by atoms with Gasteiger partial charge in [-0.15, -0.1) is 0 Å². The number of fused-ring (bicyclic) bond motifs is 1. The average molecular weight is 257 g/mol. The van der Waals surface area contributed by atoms with E-state index in [2.05, 4.69) is 5.32 Å². The van der Waals surface area contributed by atoms with Gasteiger partial charge in [-0.2, -0.15) is 0 Å². The fourth-order valence-corrected chi connectivity index (χ4v) is 2.31. The smallest absolute Gasteiger partial charge is 0.287 e. The Morgan fingerprint density at radius 2 is 2.11 bits per heavy atom. The van der Waals surface area contributed by atoms with E-state index in [0.717, 1.165) is 24.2 Å². The van der Waals surface area contributed by atoms with Gasteiger partial charge in [-0.05, 0) is 31.0 Å². The lowest BCUT2D eigenvalue weighted by molar-refractivity contribution is 0.0906. The molecule has 0 radical (unpaired) electrons. The van der Waals surface area contributed by atoms with Gasteiger partial charge in [-0.3, -0.25) is 4.79 Å². The second-order valence-corrected chi connectivity index (χ2v) is 4.53. The molecule has 0 unspecified atom stereocenters. The minimum absolute atomic E-state index is 0.0312. The van der Waals surface area contributed by atoms with Gasteiger partial charge in [0.05, 0.1) is 18.9 Å². The first-order valence-electron chi connectivity index (χ1n) is 6.41. The summed E-state index contributed by atoms with van der Waals surface area (Å²) in [6, 6.07) is 11.2. The van der Waals surface area contributed by atoms with E-state index in [1.54, 1.807) is 12.1 Å². The zero-order valence-corrected chi connectivity index (χ0v) is 10.5. The molecule has 0 saturated carbocycles. The first-order valence-corrected chi connectivity index (χ1v) is 6.41. The molecule has 98 valence electrons. The Morgan fingerprint density at radius 1 is 1.21 bits per heavy atom. The molecule has 1 atom stereocenters. The lowest BCUT2D eigenvalue weighted by Crippen LogP contribution is -2.28. The number of amides is 1. The average Bonchev–Trinajstić information content (AvgIpc) is 2.90. The molecule has 0 saturated heterocycles. The Labute approximate surface area is 111 Å². The standard InChI is InChI=1S/C15H15NO3/c17-15(14-8-4-10-19-14)16-12-6-3-9-18-13-7-2-1-5-11(12)13/h1-2,4-5,7-8,10,12H,3,6,9H2,(H,16,17)/t12-/m0/s1. The number of ether oxygens (including phenoxy) is 1. The summed E-state index contributed by atoms with van der Waals surface area (Å²) < 4.78 is 10.8. The van der Waals surface area contributed by atoms with Crippen LogP contribution in [0.4, 0.5) is 0 Å². The topological polar surface area (TPSA) is 51.5 Å². The van der Waals surface area contributed by atoms with E-state index in [1.807, 2.05) is 24.3 Å². The molecule has 0 spiro atoms. The summed E-state index contributed by atoms with van der Waals surface area (Å²) in [5.74, 6) is 0.999. The monoisotopic (exact) mass is 257 g/mol. The van der Waals surface area contributed by atoms with E-state index in [1.165, 1.54) is 6.26 Å². The van der Waals surface area contributed by atoms with Gasteiger partial charge in [0.1, 0.15) is 5.75 Å². The van der Waals surface area contributed by atoms with Crippen molar-refractivity contribution in [3.8, 4) is 5.75 Å². The lowest BCUT2D eigenvalue weighted by atomic mass is 10.0. The molecule has 4 heteroatoms. The molecule has 1 N–H and O–H groups in total. The number of rotatable bonds is 2. The molecule has 1 aliphatic heterocycles. The molecule has 1 aromatic carbocycles. The van der Waals surface area contributed by atoms with E-state index in [9.17, 15) is 4.79 Å². The van der Waals surface area contributed by atoms with Crippen molar-refractivity contribution in [2.24, 2.45) is 0 Å². The van der Waals surface area contributed by atoms with E-state index in [0.29, 0.717) is 12.4 Å². The SMILES string of the molecule is O=C(N[C@H]1CCCOc2ccccc21)c1ccco1. The molecule has 1 aliphatic rings. The van der Waals surface area contributed by atoms with Crippen LogP contribution in [0, 0.1) is 0 Å². The van der Waals surface area contributed by atoms with Crippen molar-refractivity contribution in [1.29, 1.82) is 0 Å². The Morgan fingerprint density at radius 3 is 2.95 bits per heavy atom. The number of benzene rings is 1. The predicted molar refractivity (Wildman–Crippen MR) is 70.1 cm³/mol. The van der Waals surface area contributed by atoms with E-state index < -0.39 is 0 Å². The van der Waals surface area contributed by atoms with Crippen LogP contribution < -0.4 is 10.1 Å². The summed E-state index contributed by atoms with van der Waals surface area (Å²) >= 11 is 0. The van der Waals surface area contributed by atoms with Gasteiger partial charge >= 0.3 is 0 Å². The van der Waals surface area contributed by atoms with Crippen LogP contribution in [0.5, 0.6) is 5.75 Å². The van der Waals surface area contributed by atoms with Crippen molar-refractivity contribution < 1.29 is 13.9 Å². The number of furan rings is 1. The summed E-state index contributed by atoms with van der Waals surface area (Å²) in [5, 5.41) is 3.00. The highest BCUT2D eigenvalue weighted by molar-refractivity contribution is 5.91. The van der Waals surface area contributed by atoms with Gasteiger partial charge in [0.25, 0.3) is 5.91 Å². The Bertz CT molecular complexity index is 563. The predicted octanol–water partition coefficient (Wildman–Crippen LogP) is 2.92. The molecule has 0 fully saturated rings. The summed E-state index contributed by atoms with van der Waals surface area (Å²) in [4.78, 5) is 12.1. The first kappa shape index (κ1) is 11.8. The normalized spacial score (nSPS) is 18.0. The largest absolute Gasteiger partial charge is 0.493 e. The van der Waals surface area contributed by atoms with Crippen molar-refractivity contribution in [2.45, 2.75) is 18.9 Å². The Hall–Kier alpha value is -2.23. The molecule has 0 bridgehead atoms. The highest BCUT2D eigenvalue weighted by atomic mass is 16.5. The molecule has 0 aliphatic carbocycles. The molecule has 3 rings (SSSR count). The number of carbonyl (C=O) groups is 1. The fourth-order valence-electron chi connectivity index (χ4n) is 2.31. The number of nitrogens with one attached hydrogen (secondary N) is 1. The van der Waals surface area contributed by atoms with Crippen molar-refractivity contribution in [2.75, 3.05) is 6.61 Å². The van der Waals surface area contributed by atoms with Crippen LogP contribution in [0.1, 0.15) is 35.0 Å². The van der Waals surface area contributed by atoms with Crippen molar-refractivity contribution in [3.05, 3.63) is 54.0 Å². The van der Waals surface area contributed by atoms with Crippen LogP contribution >= 0.6 is 0 Å². The molecule has 1 aromatic heterocycles. The number of hydrogen-bond acceptors (Lipinski definition) is 3. The summed E-state index contributed by atoms with van der Waals surface area (Å²) in [7, 11) is 0.